The van der Waals surface area contributed by atoms with Crippen molar-refractivity contribution < 1.29 is 13.2 Å². The Kier molecular flexibility index (Phi) is 5.49. The van der Waals surface area contributed by atoms with Crippen molar-refractivity contribution in [3.05, 3.63) is 58.9 Å². The van der Waals surface area contributed by atoms with E-state index in [1.807, 2.05) is 19.9 Å². The minimum atomic E-state index is -3.70. The number of carbonyl (C=O) groups excluding carboxylic acids is 1. The number of rotatable bonds is 3. The van der Waals surface area contributed by atoms with Gasteiger partial charge in [0.25, 0.3) is 5.91 Å². The number of amides is 1. The molecule has 3 rings (SSSR count). The first-order valence-electron chi connectivity index (χ1n) is 8.98. The van der Waals surface area contributed by atoms with E-state index in [9.17, 15) is 13.2 Å². The second-order valence-corrected chi connectivity index (χ2v) is 8.90. The first-order chi connectivity index (χ1) is 13.2. The lowest BCUT2D eigenvalue weighted by molar-refractivity contribution is 0.0591. The zero-order valence-electron chi connectivity index (χ0n) is 16.1. The van der Waals surface area contributed by atoms with Crippen molar-refractivity contribution >= 4 is 15.9 Å². The van der Waals surface area contributed by atoms with Crippen LogP contribution in [0.15, 0.2) is 41.4 Å². The van der Waals surface area contributed by atoms with Gasteiger partial charge in [0.2, 0.25) is 10.0 Å². The van der Waals surface area contributed by atoms with Crippen molar-refractivity contribution in [2.45, 2.75) is 31.7 Å². The van der Waals surface area contributed by atoms with E-state index < -0.39 is 10.0 Å². The highest BCUT2D eigenvalue weighted by atomic mass is 32.2. The van der Waals surface area contributed by atoms with Gasteiger partial charge in [-0.05, 0) is 56.7 Å². The van der Waals surface area contributed by atoms with Crippen LogP contribution in [-0.2, 0) is 10.0 Å². The molecule has 0 saturated carbocycles. The monoisotopic (exact) mass is 398 g/mol. The predicted octanol–water partition coefficient (Wildman–Crippen LogP) is 2.11. The van der Waals surface area contributed by atoms with Gasteiger partial charge < -0.3 is 4.90 Å². The van der Waals surface area contributed by atoms with Gasteiger partial charge in [0, 0.05) is 37.6 Å². The standard InChI is InChI=1S/C20H22N4O3S/c1-14-10-17(11-21)5-7-19(14)28(26,27)23-8-9-24(16(3)13-23)20(25)18-6-4-15(2)22-12-18/h4-7,10,12,16H,8-9,13H2,1-3H3/t16-/m1/s1. The molecule has 1 saturated heterocycles. The molecule has 0 spiro atoms. The molecule has 0 radical (unpaired) electrons. The van der Waals surface area contributed by atoms with Gasteiger partial charge in [-0.1, -0.05) is 0 Å². The Bertz CT molecular complexity index is 1040. The summed E-state index contributed by atoms with van der Waals surface area (Å²) in [6.07, 6.45) is 1.55. The number of sulfonamides is 1. The highest BCUT2D eigenvalue weighted by Gasteiger charge is 2.35. The number of piperazine rings is 1. The predicted molar refractivity (Wildman–Crippen MR) is 104 cm³/mol. The summed E-state index contributed by atoms with van der Waals surface area (Å²) in [4.78, 5) is 18.8. The number of aromatic nitrogens is 1. The summed E-state index contributed by atoms with van der Waals surface area (Å²) in [6, 6.07) is 9.82. The third-order valence-corrected chi connectivity index (χ3v) is 6.96. The van der Waals surface area contributed by atoms with Crippen molar-refractivity contribution in [2.75, 3.05) is 19.6 Å². The molecule has 8 heteroatoms. The largest absolute Gasteiger partial charge is 0.333 e. The highest BCUT2D eigenvalue weighted by molar-refractivity contribution is 7.89. The summed E-state index contributed by atoms with van der Waals surface area (Å²) in [5.74, 6) is -0.147. The van der Waals surface area contributed by atoms with Crippen LogP contribution in [0.4, 0.5) is 0 Å². The molecule has 2 heterocycles. The molecule has 1 amide bonds. The van der Waals surface area contributed by atoms with E-state index in [4.69, 9.17) is 5.26 Å². The average Bonchev–Trinajstić information content (AvgIpc) is 2.67. The van der Waals surface area contributed by atoms with Crippen molar-refractivity contribution in [1.29, 1.82) is 5.26 Å². The molecular formula is C20H22N4O3S. The number of hydrogen-bond donors (Lipinski definition) is 0. The second-order valence-electron chi connectivity index (χ2n) is 6.99. The molecule has 146 valence electrons. The van der Waals surface area contributed by atoms with E-state index in [1.54, 1.807) is 36.2 Å². The molecule has 1 aliphatic heterocycles. The molecule has 28 heavy (non-hydrogen) atoms. The molecule has 0 aliphatic carbocycles. The van der Waals surface area contributed by atoms with Gasteiger partial charge in [-0.2, -0.15) is 9.57 Å². The third-order valence-electron chi connectivity index (χ3n) is 4.93. The molecule has 1 atom stereocenters. The number of nitrogens with zero attached hydrogens (tertiary/aromatic N) is 4. The first-order valence-corrected chi connectivity index (χ1v) is 10.4. The normalized spacial score (nSPS) is 17.9. The Morgan fingerprint density at radius 1 is 1.21 bits per heavy atom. The molecule has 0 bridgehead atoms. The number of benzene rings is 1. The number of hydrogen-bond acceptors (Lipinski definition) is 5. The van der Waals surface area contributed by atoms with Crippen LogP contribution in [0.3, 0.4) is 0 Å². The first kappa shape index (κ1) is 20.0. The second kappa shape index (κ2) is 7.70. The lowest BCUT2D eigenvalue weighted by atomic mass is 10.1. The van der Waals surface area contributed by atoms with E-state index >= 15 is 0 Å². The lowest BCUT2D eigenvalue weighted by Gasteiger charge is -2.39. The molecule has 1 fully saturated rings. The fourth-order valence-electron chi connectivity index (χ4n) is 3.35. The minimum Gasteiger partial charge on any atom is -0.333 e. The molecule has 0 unspecified atom stereocenters. The minimum absolute atomic E-state index is 0.147. The molecule has 7 nitrogen and oxygen atoms in total. The summed E-state index contributed by atoms with van der Waals surface area (Å²) in [5, 5.41) is 8.98. The van der Waals surface area contributed by atoms with Crippen LogP contribution in [0.5, 0.6) is 0 Å². The Labute approximate surface area is 165 Å². The molecule has 2 aromatic rings. The van der Waals surface area contributed by atoms with Crippen LogP contribution in [0, 0.1) is 25.2 Å². The lowest BCUT2D eigenvalue weighted by Crippen LogP contribution is -2.55. The zero-order valence-corrected chi connectivity index (χ0v) is 16.9. The fraction of sp³-hybridized carbons (Fsp3) is 0.350. The van der Waals surface area contributed by atoms with Gasteiger partial charge in [0.1, 0.15) is 0 Å². The maximum Gasteiger partial charge on any atom is 0.255 e. The van der Waals surface area contributed by atoms with Crippen molar-refractivity contribution in [3.63, 3.8) is 0 Å². The fourth-order valence-corrected chi connectivity index (χ4v) is 5.07. The van der Waals surface area contributed by atoms with E-state index in [1.165, 1.54) is 16.4 Å². The molecular weight excluding hydrogens is 376 g/mol. The van der Waals surface area contributed by atoms with E-state index in [0.29, 0.717) is 23.2 Å². The quantitative estimate of drug-likeness (QED) is 0.789. The number of nitriles is 1. The molecule has 1 aliphatic rings. The SMILES string of the molecule is Cc1ccc(C(=O)N2CCN(S(=O)(=O)c3ccc(C#N)cc3C)C[C@H]2C)cn1. The summed E-state index contributed by atoms with van der Waals surface area (Å²) >= 11 is 0. The van der Waals surface area contributed by atoms with Gasteiger partial charge in [0.05, 0.1) is 22.1 Å². The van der Waals surface area contributed by atoms with Crippen LogP contribution in [0.25, 0.3) is 0 Å². The van der Waals surface area contributed by atoms with Crippen molar-refractivity contribution in [2.24, 2.45) is 0 Å². The van der Waals surface area contributed by atoms with Crippen molar-refractivity contribution in [1.82, 2.24) is 14.2 Å². The van der Waals surface area contributed by atoms with Gasteiger partial charge in [-0.25, -0.2) is 8.42 Å². The summed E-state index contributed by atoms with van der Waals surface area (Å²) < 4.78 is 27.5. The van der Waals surface area contributed by atoms with Gasteiger partial charge >= 0.3 is 0 Å². The average molecular weight is 398 g/mol. The van der Waals surface area contributed by atoms with Crippen LogP contribution in [-0.4, -0.2) is 54.2 Å². The Balaban J connectivity index is 1.78. The van der Waals surface area contributed by atoms with E-state index in [-0.39, 0.29) is 29.9 Å². The summed E-state index contributed by atoms with van der Waals surface area (Å²) in [7, 11) is -3.70. The van der Waals surface area contributed by atoms with Crippen LogP contribution in [0.2, 0.25) is 0 Å². The zero-order chi connectivity index (χ0) is 20.5. The number of pyridine rings is 1. The van der Waals surface area contributed by atoms with Crippen LogP contribution in [0.1, 0.15) is 34.1 Å². The van der Waals surface area contributed by atoms with Gasteiger partial charge in [-0.3, -0.25) is 9.78 Å². The summed E-state index contributed by atoms with van der Waals surface area (Å²) in [6.45, 7) is 6.12. The Hall–Kier alpha value is -2.76. The summed E-state index contributed by atoms with van der Waals surface area (Å²) in [5.41, 5.74) is 2.29. The Morgan fingerprint density at radius 2 is 1.96 bits per heavy atom. The van der Waals surface area contributed by atoms with Gasteiger partial charge in [0.15, 0.2) is 0 Å². The van der Waals surface area contributed by atoms with E-state index in [2.05, 4.69) is 4.98 Å². The van der Waals surface area contributed by atoms with Crippen LogP contribution >= 0.6 is 0 Å². The number of carbonyl (C=O) groups is 1. The van der Waals surface area contributed by atoms with Crippen molar-refractivity contribution in [3.8, 4) is 6.07 Å². The highest BCUT2D eigenvalue weighted by Crippen LogP contribution is 2.24. The van der Waals surface area contributed by atoms with Gasteiger partial charge in [-0.15, -0.1) is 0 Å². The molecule has 1 aromatic heterocycles. The maximum absolute atomic E-state index is 13.1. The molecule has 1 aromatic carbocycles. The topological polar surface area (TPSA) is 94.4 Å². The Morgan fingerprint density at radius 3 is 2.54 bits per heavy atom. The van der Waals surface area contributed by atoms with E-state index in [0.717, 1.165) is 5.69 Å². The van der Waals surface area contributed by atoms with Crippen LogP contribution < -0.4 is 0 Å². The maximum atomic E-state index is 13.1. The number of aryl methyl sites for hydroxylation is 2. The third kappa shape index (κ3) is 3.77. The smallest absolute Gasteiger partial charge is 0.255 e. The molecule has 0 N–H and O–H groups in total.